The fraction of sp³-hybridized carbons (Fsp3) is 0.556. The van der Waals surface area contributed by atoms with Crippen LogP contribution in [0.5, 0.6) is 0 Å². The van der Waals surface area contributed by atoms with Crippen LogP contribution in [0.4, 0.5) is 0 Å². The Kier molecular flexibility index (Phi) is 3.89. The zero-order chi connectivity index (χ0) is 9.68. The summed E-state index contributed by atoms with van der Waals surface area (Å²) in [6.45, 7) is 4.81. The molecule has 1 amide bonds. The third-order valence-electron chi connectivity index (χ3n) is 1.63. The highest BCUT2D eigenvalue weighted by Gasteiger charge is 2.08. The van der Waals surface area contributed by atoms with Crippen molar-refractivity contribution in [3.63, 3.8) is 0 Å². The highest BCUT2D eigenvalue weighted by Crippen LogP contribution is 2.12. The van der Waals surface area contributed by atoms with E-state index in [0.29, 0.717) is 5.01 Å². The lowest BCUT2D eigenvalue weighted by Crippen LogP contribution is -2.23. The van der Waals surface area contributed by atoms with E-state index in [2.05, 4.69) is 17.2 Å². The van der Waals surface area contributed by atoms with Gasteiger partial charge in [-0.2, -0.15) is 0 Å². The fourth-order valence-corrected chi connectivity index (χ4v) is 1.66. The number of rotatable bonds is 4. The highest BCUT2D eigenvalue weighted by molar-refractivity contribution is 7.13. The second-order valence-corrected chi connectivity index (χ2v) is 3.86. The van der Waals surface area contributed by atoms with Gasteiger partial charge in [-0.3, -0.25) is 4.79 Å². The van der Waals surface area contributed by atoms with Gasteiger partial charge < -0.3 is 5.32 Å². The molecule has 0 aliphatic carbocycles. The molecule has 0 unspecified atom stereocenters. The van der Waals surface area contributed by atoms with E-state index in [0.717, 1.165) is 24.3 Å². The van der Waals surface area contributed by atoms with Crippen molar-refractivity contribution < 1.29 is 4.79 Å². The molecule has 1 aromatic rings. The van der Waals surface area contributed by atoms with Crippen LogP contribution < -0.4 is 5.32 Å². The molecule has 0 fully saturated rings. The highest BCUT2D eigenvalue weighted by atomic mass is 32.1. The molecule has 0 radical (unpaired) electrons. The van der Waals surface area contributed by atoms with E-state index < -0.39 is 0 Å². The van der Waals surface area contributed by atoms with Crippen molar-refractivity contribution in [3.8, 4) is 0 Å². The third kappa shape index (κ3) is 2.81. The van der Waals surface area contributed by atoms with Crippen molar-refractivity contribution in [2.24, 2.45) is 0 Å². The summed E-state index contributed by atoms with van der Waals surface area (Å²) in [7, 11) is 0. The van der Waals surface area contributed by atoms with Crippen molar-refractivity contribution >= 4 is 17.2 Å². The maximum Gasteiger partial charge on any atom is 0.280 e. The van der Waals surface area contributed by atoms with Gasteiger partial charge in [0, 0.05) is 17.6 Å². The molecule has 0 atom stereocenters. The maximum absolute atomic E-state index is 11.4. The average Bonchev–Trinajstić information content (AvgIpc) is 2.62. The van der Waals surface area contributed by atoms with E-state index in [1.54, 1.807) is 6.20 Å². The van der Waals surface area contributed by atoms with Gasteiger partial charge in [-0.05, 0) is 12.8 Å². The standard InChI is InChI=1S/C9H14N2OS/c1-3-5-10-8(12)9-11-6-7(4-2)13-9/h6H,3-5H2,1-2H3,(H,10,12). The number of thiazole rings is 1. The molecule has 0 saturated heterocycles. The van der Waals surface area contributed by atoms with Crippen molar-refractivity contribution in [2.75, 3.05) is 6.54 Å². The van der Waals surface area contributed by atoms with Gasteiger partial charge in [-0.1, -0.05) is 13.8 Å². The lowest BCUT2D eigenvalue weighted by molar-refractivity contribution is 0.0953. The second-order valence-electron chi connectivity index (χ2n) is 2.74. The monoisotopic (exact) mass is 198 g/mol. The number of carbonyl (C=O) groups is 1. The summed E-state index contributed by atoms with van der Waals surface area (Å²) in [5.41, 5.74) is 0. The first-order chi connectivity index (χ1) is 6.27. The SMILES string of the molecule is CCCNC(=O)c1ncc(CC)s1. The van der Waals surface area contributed by atoms with Crippen molar-refractivity contribution in [1.82, 2.24) is 10.3 Å². The third-order valence-corrected chi connectivity index (χ3v) is 2.77. The second kappa shape index (κ2) is 4.97. The van der Waals surface area contributed by atoms with Crippen LogP contribution in [0.15, 0.2) is 6.20 Å². The molecule has 1 N–H and O–H groups in total. The van der Waals surface area contributed by atoms with Crippen LogP contribution in [0.2, 0.25) is 0 Å². The summed E-state index contributed by atoms with van der Waals surface area (Å²) < 4.78 is 0. The Morgan fingerprint density at radius 2 is 2.38 bits per heavy atom. The molecule has 1 rings (SSSR count). The Morgan fingerprint density at radius 3 is 2.92 bits per heavy atom. The van der Waals surface area contributed by atoms with E-state index in [1.807, 2.05) is 6.92 Å². The molecule has 1 heterocycles. The normalized spacial score (nSPS) is 10.0. The molecule has 0 aliphatic heterocycles. The predicted molar refractivity (Wildman–Crippen MR) is 54.1 cm³/mol. The topological polar surface area (TPSA) is 42.0 Å². The van der Waals surface area contributed by atoms with Gasteiger partial charge in [-0.25, -0.2) is 4.98 Å². The van der Waals surface area contributed by atoms with Crippen molar-refractivity contribution in [1.29, 1.82) is 0 Å². The van der Waals surface area contributed by atoms with Crippen LogP contribution >= 0.6 is 11.3 Å². The number of carbonyl (C=O) groups excluding carboxylic acids is 1. The lowest BCUT2D eigenvalue weighted by atomic mass is 10.4. The number of aromatic nitrogens is 1. The molecule has 1 aromatic heterocycles. The quantitative estimate of drug-likeness (QED) is 0.802. The first-order valence-corrected chi connectivity index (χ1v) is 5.32. The molecule has 13 heavy (non-hydrogen) atoms. The van der Waals surface area contributed by atoms with E-state index in [4.69, 9.17) is 0 Å². The van der Waals surface area contributed by atoms with Gasteiger partial charge in [0.1, 0.15) is 0 Å². The van der Waals surface area contributed by atoms with E-state index in [1.165, 1.54) is 11.3 Å². The lowest BCUT2D eigenvalue weighted by Gasteiger charge is -1.97. The maximum atomic E-state index is 11.4. The molecular formula is C9H14N2OS. The van der Waals surface area contributed by atoms with Crippen LogP contribution in [-0.2, 0) is 6.42 Å². The molecule has 0 spiro atoms. The minimum Gasteiger partial charge on any atom is -0.350 e. The molecule has 0 aromatic carbocycles. The molecular weight excluding hydrogens is 184 g/mol. The van der Waals surface area contributed by atoms with Crippen LogP contribution in [0.3, 0.4) is 0 Å². The van der Waals surface area contributed by atoms with Crippen molar-refractivity contribution in [2.45, 2.75) is 26.7 Å². The Bertz CT molecular complexity index is 283. The van der Waals surface area contributed by atoms with Gasteiger partial charge in [0.2, 0.25) is 0 Å². The summed E-state index contributed by atoms with van der Waals surface area (Å²) in [5.74, 6) is -0.0495. The molecule has 0 bridgehead atoms. The van der Waals surface area contributed by atoms with E-state index in [-0.39, 0.29) is 5.91 Å². The van der Waals surface area contributed by atoms with Crippen LogP contribution in [-0.4, -0.2) is 17.4 Å². The number of nitrogens with zero attached hydrogens (tertiary/aromatic N) is 1. The van der Waals surface area contributed by atoms with Gasteiger partial charge in [0.05, 0.1) is 0 Å². The Labute approximate surface area is 82.2 Å². The number of nitrogens with one attached hydrogen (secondary N) is 1. The minimum atomic E-state index is -0.0495. The summed E-state index contributed by atoms with van der Waals surface area (Å²) in [6, 6.07) is 0. The van der Waals surface area contributed by atoms with Crippen LogP contribution in [0, 0.1) is 0 Å². The van der Waals surface area contributed by atoms with E-state index >= 15 is 0 Å². The first kappa shape index (κ1) is 10.2. The number of amides is 1. The summed E-state index contributed by atoms with van der Waals surface area (Å²) in [4.78, 5) is 16.6. The van der Waals surface area contributed by atoms with Crippen LogP contribution in [0.25, 0.3) is 0 Å². The molecule has 72 valence electrons. The number of aryl methyl sites for hydroxylation is 1. The van der Waals surface area contributed by atoms with Gasteiger partial charge in [0.15, 0.2) is 5.01 Å². The summed E-state index contributed by atoms with van der Waals surface area (Å²) in [6.07, 6.45) is 3.67. The van der Waals surface area contributed by atoms with E-state index in [9.17, 15) is 4.79 Å². The zero-order valence-corrected chi connectivity index (χ0v) is 8.78. The largest absolute Gasteiger partial charge is 0.350 e. The Balaban J connectivity index is 2.55. The van der Waals surface area contributed by atoms with Crippen LogP contribution in [0.1, 0.15) is 34.9 Å². The number of hydrogen-bond donors (Lipinski definition) is 1. The Hall–Kier alpha value is -0.900. The number of hydrogen-bond acceptors (Lipinski definition) is 3. The van der Waals surface area contributed by atoms with Gasteiger partial charge in [-0.15, -0.1) is 11.3 Å². The molecule has 4 heteroatoms. The smallest absolute Gasteiger partial charge is 0.280 e. The Morgan fingerprint density at radius 1 is 1.62 bits per heavy atom. The molecule has 0 aliphatic rings. The van der Waals surface area contributed by atoms with Gasteiger partial charge in [0.25, 0.3) is 5.91 Å². The van der Waals surface area contributed by atoms with Crippen molar-refractivity contribution in [3.05, 3.63) is 16.1 Å². The summed E-state index contributed by atoms with van der Waals surface area (Å²) in [5, 5.41) is 3.37. The summed E-state index contributed by atoms with van der Waals surface area (Å²) >= 11 is 1.47. The van der Waals surface area contributed by atoms with Gasteiger partial charge >= 0.3 is 0 Å². The fourth-order valence-electron chi connectivity index (χ4n) is 0.890. The average molecular weight is 198 g/mol. The minimum absolute atomic E-state index is 0.0495. The predicted octanol–water partition coefficient (Wildman–Crippen LogP) is 1.85. The molecule has 3 nitrogen and oxygen atoms in total. The molecule has 0 saturated carbocycles. The first-order valence-electron chi connectivity index (χ1n) is 4.50. The zero-order valence-electron chi connectivity index (χ0n) is 7.96.